The Bertz CT molecular complexity index is 576. The van der Waals surface area contributed by atoms with Gasteiger partial charge in [0.1, 0.15) is 5.01 Å². The van der Waals surface area contributed by atoms with E-state index in [0.717, 1.165) is 18.8 Å². The zero-order chi connectivity index (χ0) is 15.2. The average Bonchev–Trinajstić information content (AvgIpc) is 2.77. The Balaban J connectivity index is 1.89. The quantitative estimate of drug-likeness (QED) is 0.742. The van der Waals surface area contributed by atoms with E-state index in [9.17, 15) is 0 Å². The number of hydrogen-bond acceptors (Lipinski definition) is 4. The second-order valence-corrected chi connectivity index (χ2v) is 7.96. The zero-order valence-electron chi connectivity index (χ0n) is 13.3. The van der Waals surface area contributed by atoms with Crippen molar-refractivity contribution in [3.8, 4) is 0 Å². The minimum Gasteiger partial charge on any atom is -0.312 e. The number of aryl methyl sites for hydroxylation is 2. The van der Waals surface area contributed by atoms with Crippen LogP contribution in [0.2, 0.25) is 0 Å². The molecule has 4 heteroatoms. The molecule has 1 aromatic carbocycles. The molecule has 0 fully saturated rings. The highest BCUT2D eigenvalue weighted by atomic mass is 32.2. The molecule has 0 radical (unpaired) electrons. The van der Waals surface area contributed by atoms with Crippen molar-refractivity contribution >= 4 is 23.1 Å². The van der Waals surface area contributed by atoms with E-state index < -0.39 is 0 Å². The summed E-state index contributed by atoms with van der Waals surface area (Å²) in [5.74, 6) is 1.65. The Morgan fingerprint density at radius 1 is 1.29 bits per heavy atom. The van der Waals surface area contributed by atoms with Gasteiger partial charge in [0.25, 0.3) is 0 Å². The lowest BCUT2D eigenvalue weighted by Gasteiger charge is -2.05. The first kappa shape index (κ1) is 16.5. The summed E-state index contributed by atoms with van der Waals surface area (Å²) in [5.41, 5.74) is 2.49. The molecule has 0 saturated carbocycles. The molecule has 0 atom stereocenters. The first-order valence-electron chi connectivity index (χ1n) is 7.40. The summed E-state index contributed by atoms with van der Waals surface area (Å²) >= 11 is 3.71. The number of hydrogen-bond donors (Lipinski definition) is 1. The lowest BCUT2D eigenvalue weighted by atomic mass is 10.2. The number of rotatable bonds is 7. The van der Waals surface area contributed by atoms with Crippen molar-refractivity contribution in [2.75, 3.05) is 6.54 Å². The normalized spacial score (nSPS) is 11.3. The van der Waals surface area contributed by atoms with Crippen molar-refractivity contribution < 1.29 is 0 Å². The van der Waals surface area contributed by atoms with Gasteiger partial charge in [0, 0.05) is 16.3 Å². The van der Waals surface area contributed by atoms with E-state index in [1.165, 1.54) is 26.0 Å². The molecule has 2 rings (SSSR count). The van der Waals surface area contributed by atoms with Crippen LogP contribution in [0, 0.1) is 19.8 Å². The molecule has 1 aromatic heterocycles. The SMILES string of the molecule is Cc1cccc(SCc2nc(C)c(CNCC(C)C)s2)c1. The highest BCUT2D eigenvalue weighted by molar-refractivity contribution is 7.98. The van der Waals surface area contributed by atoms with Gasteiger partial charge in [0.2, 0.25) is 0 Å². The average molecular weight is 321 g/mol. The predicted molar refractivity (Wildman–Crippen MR) is 94.1 cm³/mol. The van der Waals surface area contributed by atoms with E-state index in [2.05, 4.69) is 57.3 Å². The molecule has 0 aliphatic rings. The fourth-order valence-electron chi connectivity index (χ4n) is 2.04. The van der Waals surface area contributed by atoms with Crippen LogP contribution in [0.1, 0.15) is 35.0 Å². The highest BCUT2D eigenvalue weighted by Crippen LogP contribution is 2.27. The van der Waals surface area contributed by atoms with E-state index in [-0.39, 0.29) is 0 Å². The standard InChI is InChI=1S/C17H24N2S2/c1-12(2)9-18-10-16-14(4)19-17(21-16)11-20-15-7-5-6-13(3)8-15/h5-8,12,18H,9-11H2,1-4H3. The molecule has 0 bridgehead atoms. The summed E-state index contributed by atoms with van der Waals surface area (Å²) in [6.45, 7) is 10.7. The monoisotopic (exact) mass is 320 g/mol. The molecule has 0 unspecified atom stereocenters. The number of aromatic nitrogens is 1. The molecule has 0 spiro atoms. The third kappa shape index (κ3) is 5.46. The molecular formula is C17H24N2S2. The maximum absolute atomic E-state index is 4.70. The van der Waals surface area contributed by atoms with Gasteiger partial charge in [0.05, 0.1) is 11.4 Å². The van der Waals surface area contributed by atoms with Crippen molar-refractivity contribution in [3.05, 3.63) is 45.4 Å². The first-order chi connectivity index (χ1) is 10.0. The molecule has 2 aromatic rings. The maximum atomic E-state index is 4.70. The summed E-state index contributed by atoms with van der Waals surface area (Å²) in [4.78, 5) is 7.40. The number of nitrogens with zero attached hydrogens (tertiary/aromatic N) is 1. The zero-order valence-corrected chi connectivity index (χ0v) is 14.9. The summed E-state index contributed by atoms with van der Waals surface area (Å²) in [5, 5.41) is 4.72. The van der Waals surface area contributed by atoms with Gasteiger partial charge in [-0.3, -0.25) is 0 Å². The van der Waals surface area contributed by atoms with E-state index in [4.69, 9.17) is 4.98 Å². The predicted octanol–water partition coefficient (Wildman–Crippen LogP) is 4.80. The van der Waals surface area contributed by atoms with Gasteiger partial charge < -0.3 is 5.32 Å². The second-order valence-electron chi connectivity index (χ2n) is 5.75. The van der Waals surface area contributed by atoms with Gasteiger partial charge in [-0.1, -0.05) is 31.5 Å². The van der Waals surface area contributed by atoms with E-state index in [0.29, 0.717) is 5.92 Å². The number of benzene rings is 1. The summed E-state index contributed by atoms with van der Waals surface area (Å²) in [7, 11) is 0. The molecule has 0 aliphatic heterocycles. The summed E-state index contributed by atoms with van der Waals surface area (Å²) in [6, 6.07) is 8.65. The van der Waals surface area contributed by atoms with Crippen LogP contribution in [0.15, 0.2) is 29.2 Å². The van der Waals surface area contributed by atoms with Crippen LogP contribution in [0.25, 0.3) is 0 Å². The molecule has 2 nitrogen and oxygen atoms in total. The maximum Gasteiger partial charge on any atom is 0.103 e. The van der Waals surface area contributed by atoms with Crippen LogP contribution in [0.5, 0.6) is 0 Å². The third-order valence-electron chi connectivity index (χ3n) is 3.13. The number of nitrogens with one attached hydrogen (secondary N) is 1. The van der Waals surface area contributed by atoms with Crippen molar-refractivity contribution in [1.82, 2.24) is 10.3 Å². The second kappa shape index (κ2) is 7.97. The molecule has 0 amide bonds. The fourth-order valence-corrected chi connectivity index (χ4v) is 4.08. The molecule has 1 heterocycles. The Labute approximate surface area is 136 Å². The van der Waals surface area contributed by atoms with Crippen molar-refractivity contribution in [2.24, 2.45) is 5.92 Å². The molecule has 21 heavy (non-hydrogen) atoms. The Morgan fingerprint density at radius 3 is 2.81 bits per heavy atom. The van der Waals surface area contributed by atoms with Gasteiger partial charge in [-0.2, -0.15) is 0 Å². The Hall–Kier alpha value is -0.840. The summed E-state index contributed by atoms with van der Waals surface area (Å²) < 4.78 is 0. The third-order valence-corrected chi connectivity index (χ3v) is 5.47. The van der Waals surface area contributed by atoms with Crippen LogP contribution < -0.4 is 5.32 Å². The van der Waals surface area contributed by atoms with Gasteiger partial charge >= 0.3 is 0 Å². The first-order valence-corrected chi connectivity index (χ1v) is 9.20. The van der Waals surface area contributed by atoms with Crippen LogP contribution in [-0.4, -0.2) is 11.5 Å². The van der Waals surface area contributed by atoms with Crippen LogP contribution in [-0.2, 0) is 12.3 Å². The fraction of sp³-hybridized carbons (Fsp3) is 0.471. The van der Waals surface area contributed by atoms with Crippen LogP contribution >= 0.6 is 23.1 Å². The molecule has 0 aliphatic carbocycles. The summed E-state index contributed by atoms with van der Waals surface area (Å²) in [6.07, 6.45) is 0. The lowest BCUT2D eigenvalue weighted by molar-refractivity contribution is 0.554. The van der Waals surface area contributed by atoms with Crippen molar-refractivity contribution in [3.63, 3.8) is 0 Å². The smallest absolute Gasteiger partial charge is 0.103 e. The van der Waals surface area contributed by atoms with Gasteiger partial charge in [-0.05, 0) is 38.4 Å². The van der Waals surface area contributed by atoms with Crippen LogP contribution in [0.4, 0.5) is 0 Å². The van der Waals surface area contributed by atoms with Crippen molar-refractivity contribution in [2.45, 2.75) is 44.9 Å². The van der Waals surface area contributed by atoms with Gasteiger partial charge in [-0.15, -0.1) is 23.1 Å². The number of thioether (sulfide) groups is 1. The number of thiazole rings is 1. The van der Waals surface area contributed by atoms with Crippen molar-refractivity contribution in [1.29, 1.82) is 0 Å². The largest absolute Gasteiger partial charge is 0.312 e. The Morgan fingerprint density at radius 2 is 2.10 bits per heavy atom. The lowest BCUT2D eigenvalue weighted by Crippen LogP contribution is -2.18. The topological polar surface area (TPSA) is 24.9 Å². The Kier molecular flexibility index (Phi) is 6.27. The minimum atomic E-state index is 0.689. The van der Waals surface area contributed by atoms with E-state index in [1.807, 2.05) is 23.1 Å². The van der Waals surface area contributed by atoms with E-state index in [1.54, 1.807) is 0 Å². The van der Waals surface area contributed by atoms with Gasteiger partial charge in [0.15, 0.2) is 0 Å². The minimum absolute atomic E-state index is 0.689. The molecule has 1 N–H and O–H groups in total. The van der Waals surface area contributed by atoms with Crippen LogP contribution in [0.3, 0.4) is 0 Å². The molecule has 0 saturated heterocycles. The van der Waals surface area contributed by atoms with E-state index >= 15 is 0 Å². The highest BCUT2D eigenvalue weighted by Gasteiger charge is 2.08. The molecule has 114 valence electrons. The molecular weight excluding hydrogens is 296 g/mol. The van der Waals surface area contributed by atoms with Gasteiger partial charge in [-0.25, -0.2) is 4.98 Å².